The van der Waals surface area contributed by atoms with E-state index < -0.39 is 5.41 Å². The van der Waals surface area contributed by atoms with Gasteiger partial charge >= 0.3 is 0 Å². The first kappa shape index (κ1) is 18.9. The van der Waals surface area contributed by atoms with E-state index in [1.54, 1.807) is 0 Å². The number of nitriles is 1. The summed E-state index contributed by atoms with van der Waals surface area (Å²) in [6.07, 6.45) is 3.13. The van der Waals surface area contributed by atoms with Gasteiger partial charge in [-0.3, -0.25) is 4.90 Å². The third-order valence-corrected chi connectivity index (χ3v) is 5.85. The molecule has 0 N–H and O–H groups in total. The number of unbranched alkanes of at least 4 members (excludes halogenated alkanes) is 1. The van der Waals surface area contributed by atoms with Crippen molar-refractivity contribution < 1.29 is 4.74 Å². The van der Waals surface area contributed by atoms with Gasteiger partial charge in [0.15, 0.2) is 0 Å². The molecule has 1 heterocycles. The normalized spacial score (nSPS) is 17.9. The Hall–Kier alpha value is -1.89. The maximum atomic E-state index is 10.2. The molecule has 0 saturated carbocycles. The second-order valence-corrected chi connectivity index (χ2v) is 7.68. The number of fused-ring (bicyclic) bond motifs is 1. The van der Waals surface area contributed by atoms with Crippen molar-refractivity contribution in [2.45, 2.75) is 38.5 Å². The summed E-state index contributed by atoms with van der Waals surface area (Å²) in [4.78, 5) is 2.48. The van der Waals surface area contributed by atoms with Gasteiger partial charge in [-0.25, -0.2) is 0 Å². The van der Waals surface area contributed by atoms with Crippen LogP contribution in [0.1, 0.15) is 38.7 Å². The molecule has 0 radical (unpaired) electrons. The first-order chi connectivity index (χ1) is 12.7. The predicted molar refractivity (Wildman–Crippen MR) is 107 cm³/mol. The van der Waals surface area contributed by atoms with Gasteiger partial charge in [0.1, 0.15) is 0 Å². The van der Waals surface area contributed by atoms with Crippen molar-refractivity contribution in [3.8, 4) is 6.07 Å². The van der Waals surface area contributed by atoms with Gasteiger partial charge in [0.05, 0.1) is 24.7 Å². The van der Waals surface area contributed by atoms with E-state index >= 15 is 0 Å². The average molecular weight is 351 g/mol. The zero-order valence-corrected chi connectivity index (χ0v) is 16.1. The molecule has 138 valence electrons. The number of hydrogen-bond donors (Lipinski definition) is 0. The first-order valence-electron chi connectivity index (χ1n) is 9.87. The minimum absolute atomic E-state index is 0.279. The van der Waals surface area contributed by atoms with Crippen LogP contribution in [-0.2, 0) is 10.2 Å². The van der Waals surface area contributed by atoms with Crippen molar-refractivity contribution in [1.82, 2.24) is 4.90 Å². The van der Waals surface area contributed by atoms with E-state index in [4.69, 9.17) is 4.74 Å². The largest absolute Gasteiger partial charge is 0.379 e. The summed E-state index contributed by atoms with van der Waals surface area (Å²) in [7, 11) is 0. The maximum absolute atomic E-state index is 10.2. The molecule has 3 nitrogen and oxygen atoms in total. The Morgan fingerprint density at radius 1 is 1.08 bits per heavy atom. The molecule has 1 saturated heterocycles. The van der Waals surface area contributed by atoms with Crippen LogP contribution >= 0.6 is 0 Å². The highest BCUT2D eigenvalue weighted by atomic mass is 16.5. The van der Waals surface area contributed by atoms with Crippen molar-refractivity contribution in [2.75, 3.05) is 32.8 Å². The summed E-state index contributed by atoms with van der Waals surface area (Å²) in [5, 5.41) is 12.7. The summed E-state index contributed by atoms with van der Waals surface area (Å²) in [5.74, 6) is 0.279. The number of nitrogens with zero attached hydrogens (tertiary/aromatic N) is 2. The summed E-state index contributed by atoms with van der Waals surface area (Å²) in [6.45, 7) is 9.26. The molecule has 26 heavy (non-hydrogen) atoms. The number of benzene rings is 2. The van der Waals surface area contributed by atoms with E-state index in [2.05, 4.69) is 67.3 Å². The van der Waals surface area contributed by atoms with Crippen molar-refractivity contribution in [2.24, 2.45) is 5.92 Å². The smallest absolute Gasteiger partial charge is 0.0851 e. The lowest BCUT2D eigenvalue weighted by atomic mass is 9.68. The monoisotopic (exact) mass is 350 g/mol. The first-order valence-corrected chi connectivity index (χ1v) is 9.87. The van der Waals surface area contributed by atoms with Gasteiger partial charge in [0, 0.05) is 13.1 Å². The highest BCUT2D eigenvalue weighted by Crippen LogP contribution is 2.40. The van der Waals surface area contributed by atoms with Crippen LogP contribution in [0.15, 0.2) is 42.5 Å². The maximum Gasteiger partial charge on any atom is 0.0851 e. The predicted octanol–water partition coefficient (Wildman–Crippen LogP) is 4.76. The summed E-state index contributed by atoms with van der Waals surface area (Å²) < 4.78 is 5.42. The Labute approximate surface area is 157 Å². The molecule has 0 bridgehead atoms. The van der Waals surface area contributed by atoms with Crippen LogP contribution in [-0.4, -0.2) is 37.7 Å². The van der Waals surface area contributed by atoms with Crippen LogP contribution in [0.25, 0.3) is 10.8 Å². The molecule has 2 aromatic carbocycles. The number of morpholine rings is 1. The Morgan fingerprint density at radius 2 is 1.81 bits per heavy atom. The summed E-state index contributed by atoms with van der Waals surface area (Å²) in [6, 6.07) is 17.6. The Morgan fingerprint density at radius 3 is 2.54 bits per heavy atom. The molecular weight excluding hydrogens is 320 g/mol. The fourth-order valence-corrected chi connectivity index (χ4v) is 4.16. The molecule has 1 atom stereocenters. The molecule has 1 aliphatic rings. The molecule has 1 fully saturated rings. The lowest BCUT2D eigenvalue weighted by Crippen LogP contribution is -2.37. The topological polar surface area (TPSA) is 36.3 Å². The van der Waals surface area contributed by atoms with Crippen LogP contribution in [0.3, 0.4) is 0 Å². The van der Waals surface area contributed by atoms with E-state index in [1.165, 1.54) is 16.3 Å². The molecule has 3 rings (SSSR count). The summed E-state index contributed by atoms with van der Waals surface area (Å²) in [5.41, 5.74) is 0.769. The van der Waals surface area contributed by atoms with Crippen LogP contribution < -0.4 is 0 Å². The fourth-order valence-electron chi connectivity index (χ4n) is 4.16. The minimum Gasteiger partial charge on any atom is -0.379 e. The van der Waals surface area contributed by atoms with E-state index in [-0.39, 0.29) is 5.92 Å². The van der Waals surface area contributed by atoms with Crippen LogP contribution in [0, 0.1) is 17.2 Å². The van der Waals surface area contributed by atoms with Crippen LogP contribution in [0.2, 0.25) is 0 Å². The van der Waals surface area contributed by atoms with Crippen LogP contribution in [0.5, 0.6) is 0 Å². The van der Waals surface area contributed by atoms with Crippen molar-refractivity contribution in [3.63, 3.8) is 0 Å². The van der Waals surface area contributed by atoms with Gasteiger partial charge in [-0.2, -0.15) is 5.26 Å². The van der Waals surface area contributed by atoms with Crippen molar-refractivity contribution in [3.05, 3.63) is 48.0 Å². The van der Waals surface area contributed by atoms with E-state index in [9.17, 15) is 5.26 Å². The molecule has 0 spiro atoms. The van der Waals surface area contributed by atoms with Gasteiger partial charge in [0.2, 0.25) is 0 Å². The van der Waals surface area contributed by atoms with Gasteiger partial charge in [0.25, 0.3) is 0 Å². The highest BCUT2D eigenvalue weighted by Gasteiger charge is 2.36. The number of hydrogen-bond acceptors (Lipinski definition) is 3. The molecule has 1 unspecified atom stereocenters. The third kappa shape index (κ3) is 3.92. The molecule has 0 aliphatic carbocycles. The zero-order chi connectivity index (χ0) is 18.4. The minimum atomic E-state index is -0.425. The molecule has 0 aromatic heterocycles. The Kier molecular flexibility index (Phi) is 6.29. The fraction of sp³-hybridized carbons (Fsp3) is 0.522. The SMILES string of the molecule is CC(C)C(C#N)(CCCCN1CCOCC1)c1cccc2ccccc12. The van der Waals surface area contributed by atoms with E-state index in [0.29, 0.717) is 0 Å². The van der Waals surface area contributed by atoms with E-state index in [1.807, 2.05) is 0 Å². The second-order valence-electron chi connectivity index (χ2n) is 7.68. The number of rotatable bonds is 7. The highest BCUT2D eigenvalue weighted by molar-refractivity contribution is 5.87. The molecular formula is C23H30N2O. The number of ether oxygens (including phenoxy) is 1. The van der Waals surface area contributed by atoms with Gasteiger partial charge < -0.3 is 4.74 Å². The molecule has 0 amide bonds. The Balaban J connectivity index is 1.77. The van der Waals surface area contributed by atoms with E-state index in [0.717, 1.165) is 52.1 Å². The van der Waals surface area contributed by atoms with Gasteiger partial charge in [-0.05, 0) is 41.6 Å². The third-order valence-electron chi connectivity index (χ3n) is 5.85. The van der Waals surface area contributed by atoms with Crippen LogP contribution in [0.4, 0.5) is 0 Å². The van der Waals surface area contributed by atoms with Gasteiger partial charge in [-0.1, -0.05) is 62.7 Å². The molecule has 3 heteroatoms. The van der Waals surface area contributed by atoms with Gasteiger partial charge in [-0.15, -0.1) is 0 Å². The zero-order valence-electron chi connectivity index (χ0n) is 16.1. The Bertz CT molecular complexity index is 753. The lowest BCUT2D eigenvalue weighted by molar-refractivity contribution is 0.0369. The van der Waals surface area contributed by atoms with Crippen molar-refractivity contribution >= 4 is 10.8 Å². The molecule has 1 aliphatic heterocycles. The second kappa shape index (κ2) is 8.66. The average Bonchev–Trinajstić information content (AvgIpc) is 2.69. The lowest BCUT2D eigenvalue weighted by Gasteiger charge is -2.33. The standard InChI is InChI=1S/C23H30N2O/c1-19(2)23(18-24,12-5-6-13-25-14-16-26-17-15-25)22-11-7-9-20-8-3-4-10-21(20)22/h3-4,7-11,19H,5-6,12-17H2,1-2H3. The molecule has 2 aromatic rings. The van der Waals surface area contributed by atoms with Crippen molar-refractivity contribution in [1.29, 1.82) is 5.26 Å². The quantitative estimate of drug-likeness (QED) is 0.676. The summed E-state index contributed by atoms with van der Waals surface area (Å²) >= 11 is 0.